The van der Waals surface area contributed by atoms with E-state index in [4.69, 9.17) is 0 Å². The molecule has 0 N–H and O–H groups in total. The summed E-state index contributed by atoms with van der Waals surface area (Å²) < 4.78 is 70.3. The van der Waals surface area contributed by atoms with Crippen LogP contribution in [0.3, 0.4) is 0 Å². The molecule has 0 aliphatic heterocycles. The fourth-order valence-corrected chi connectivity index (χ4v) is 6.64. The van der Waals surface area contributed by atoms with Crippen molar-refractivity contribution in [3.63, 3.8) is 0 Å². The topological polar surface area (TPSA) is 167 Å². The van der Waals surface area contributed by atoms with Crippen LogP contribution in [-0.4, -0.2) is 62.6 Å². The average molecular weight is 729 g/mol. The first-order chi connectivity index (χ1) is 22.1. The minimum absolute atomic E-state index is 0. The van der Waals surface area contributed by atoms with Crippen molar-refractivity contribution in [2.24, 2.45) is 0 Å². The van der Waals surface area contributed by atoms with Gasteiger partial charge in [-0.05, 0) is 75.9 Å². The second-order valence-electron chi connectivity index (χ2n) is 10.0. The maximum absolute atomic E-state index is 10.8. The maximum atomic E-state index is 10.8. The number of benzene rings is 3. The minimum atomic E-state index is -4.15. The molecule has 0 heterocycles. The molecule has 0 aromatic heterocycles. The molecule has 14 heteroatoms. The Balaban J connectivity index is 0.000000700. The molecule has 0 spiro atoms. The van der Waals surface area contributed by atoms with Crippen LogP contribution in [-0.2, 0) is 50.2 Å². The molecule has 0 aliphatic rings. The third-order valence-electron chi connectivity index (χ3n) is 5.68. The van der Waals surface area contributed by atoms with E-state index in [2.05, 4.69) is 114 Å². The standard InChI is InChI=1S/C18H15S.2C8H14O5S.Na/c1-4-10-16(11-5-1)19(17-12-6-2-7-13-17)18-14-8-3-9-15-18;2*1-7(2)8(9)13-5-3-4-6-14(10,11)12;/h1-15H;2*1,3-6H2,2H3,(H,10,11,12);/q+1;;;+1/p-2. The molecular weight excluding hydrogens is 688 g/mol. The third-order valence-corrected chi connectivity index (χ3v) is 9.49. The molecule has 0 fully saturated rings. The van der Waals surface area contributed by atoms with Gasteiger partial charge in [-0.25, -0.2) is 26.4 Å². The summed E-state index contributed by atoms with van der Waals surface area (Å²) in [6.07, 6.45) is 1.13. The molecule has 0 amide bonds. The number of hydrogen-bond acceptors (Lipinski definition) is 10. The summed E-state index contributed by atoms with van der Waals surface area (Å²) >= 11 is 0. The first-order valence-corrected chi connectivity index (χ1v) is 18.9. The Labute approximate surface area is 309 Å². The first kappa shape index (κ1) is 45.2. The summed E-state index contributed by atoms with van der Waals surface area (Å²) in [7, 11) is -8.31. The summed E-state index contributed by atoms with van der Waals surface area (Å²) in [6, 6.07) is 32.2. The zero-order valence-electron chi connectivity index (χ0n) is 27.5. The Bertz CT molecular complexity index is 1460. The van der Waals surface area contributed by atoms with Gasteiger partial charge in [-0.15, -0.1) is 0 Å². The van der Waals surface area contributed by atoms with Crippen molar-refractivity contribution in [3.05, 3.63) is 115 Å². The van der Waals surface area contributed by atoms with E-state index in [0.29, 0.717) is 24.0 Å². The molecule has 3 aromatic rings. The van der Waals surface area contributed by atoms with Crippen molar-refractivity contribution in [2.75, 3.05) is 24.7 Å². The van der Waals surface area contributed by atoms with Crippen molar-refractivity contribution in [3.8, 4) is 0 Å². The van der Waals surface area contributed by atoms with Gasteiger partial charge in [0.05, 0.1) is 44.3 Å². The van der Waals surface area contributed by atoms with E-state index in [1.807, 2.05) is 0 Å². The van der Waals surface area contributed by atoms with E-state index in [0.717, 1.165) is 0 Å². The second-order valence-corrected chi connectivity index (χ2v) is 15.1. The Morgan fingerprint density at radius 2 is 0.854 bits per heavy atom. The van der Waals surface area contributed by atoms with Crippen molar-refractivity contribution >= 4 is 43.1 Å². The van der Waals surface area contributed by atoms with Gasteiger partial charge in [-0.2, -0.15) is 0 Å². The quantitative estimate of drug-likeness (QED) is 0.0567. The van der Waals surface area contributed by atoms with Crippen LogP contribution in [0.2, 0.25) is 0 Å². The van der Waals surface area contributed by atoms with Crippen LogP contribution in [0.5, 0.6) is 0 Å². The largest absolute Gasteiger partial charge is 1.00 e. The molecule has 3 rings (SSSR count). The van der Waals surface area contributed by atoms with Crippen LogP contribution in [0.25, 0.3) is 0 Å². The summed E-state index contributed by atoms with van der Waals surface area (Å²) in [6.45, 7) is 10.0. The smallest absolute Gasteiger partial charge is 0.748 e. The van der Waals surface area contributed by atoms with Crippen molar-refractivity contribution in [1.82, 2.24) is 0 Å². The Hall–Kier alpha value is -2.75. The number of esters is 2. The SMILES string of the molecule is C=C(C)C(=O)OCCCCS(=O)(=O)[O-].C=C(C)C(=O)OCCCCS(=O)(=O)[O-].[Na+].c1ccc([S+](c2ccccc2)c2ccccc2)cc1. The van der Waals surface area contributed by atoms with E-state index >= 15 is 0 Å². The van der Waals surface area contributed by atoms with E-state index in [-0.39, 0.29) is 66.5 Å². The van der Waals surface area contributed by atoms with Gasteiger partial charge in [0.1, 0.15) is 0 Å². The molecule has 48 heavy (non-hydrogen) atoms. The number of carbonyl (C=O) groups is 2. The number of ether oxygens (including phenoxy) is 2. The van der Waals surface area contributed by atoms with Crippen LogP contribution in [0, 0.1) is 0 Å². The van der Waals surface area contributed by atoms with Gasteiger partial charge < -0.3 is 18.6 Å². The first-order valence-electron chi connectivity index (χ1n) is 14.5. The number of rotatable bonds is 15. The van der Waals surface area contributed by atoms with Gasteiger partial charge >= 0.3 is 41.5 Å². The fourth-order valence-electron chi connectivity index (χ4n) is 3.42. The normalized spacial score (nSPS) is 10.6. The van der Waals surface area contributed by atoms with Crippen LogP contribution < -0.4 is 29.6 Å². The van der Waals surface area contributed by atoms with E-state index < -0.39 is 43.7 Å². The van der Waals surface area contributed by atoms with Gasteiger partial charge in [0.2, 0.25) is 0 Å². The molecule has 256 valence electrons. The molecule has 0 atom stereocenters. The van der Waals surface area contributed by atoms with E-state index in [1.165, 1.54) is 28.5 Å². The molecule has 0 saturated heterocycles. The number of unbranched alkanes of at least 4 members (excludes halogenated alkanes) is 2. The molecule has 0 bridgehead atoms. The van der Waals surface area contributed by atoms with Gasteiger partial charge in [0, 0.05) is 22.7 Å². The third kappa shape index (κ3) is 22.0. The van der Waals surface area contributed by atoms with Crippen LogP contribution in [0.15, 0.2) is 130 Å². The average Bonchev–Trinajstić information content (AvgIpc) is 3.02. The van der Waals surface area contributed by atoms with Crippen molar-refractivity contribution in [2.45, 2.75) is 54.2 Å². The van der Waals surface area contributed by atoms with Crippen LogP contribution in [0.4, 0.5) is 0 Å². The Kier molecular flexibility index (Phi) is 23.0. The van der Waals surface area contributed by atoms with Crippen molar-refractivity contribution < 1.29 is 74.6 Å². The predicted octanol–water partition coefficient (Wildman–Crippen LogP) is 2.65. The van der Waals surface area contributed by atoms with Gasteiger partial charge in [0.15, 0.2) is 14.7 Å². The zero-order chi connectivity index (χ0) is 35.3. The van der Waals surface area contributed by atoms with Crippen LogP contribution >= 0.6 is 0 Å². The molecule has 10 nitrogen and oxygen atoms in total. The Morgan fingerprint density at radius 1 is 0.583 bits per heavy atom. The fraction of sp³-hybridized carbons (Fsp3) is 0.294. The molecule has 0 unspecified atom stereocenters. The number of hydrogen-bond donors (Lipinski definition) is 0. The van der Waals surface area contributed by atoms with E-state index in [1.54, 1.807) is 0 Å². The van der Waals surface area contributed by atoms with E-state index in [9.17, 15) is 35.5 Å². The summed E-state index contributed by atoms with van der Waals surface area (Å²) in [5.41, 5.74) is 0.586. The predicted molar refractivity (Wildman–Crippen MR) is 181 cm³/mol. The molecule has 0 saturated carbocycles. The van der Waals surface area contributed by atoms with Crippen LogP contribution in [0.1, 0.15) is 39.5 Å². The summed E-state index contributed by atoms with van der Waals surface area (Å²) in [5.74, 6) is -1.85. The molecule has 3 aromatic carbocycles. The second kappa shape index (κ2) is 24.4. The minimum Gasteiger partial charge on any atom is -0.748 e. The summed E-state index contributed by atoms with van der Waals surface area (Å²) in [5, 5.41) is 0. The Morgan fingerprint density at radius 3 is 1.08 bits per heavy atom. The number of carbonyl (C=O) groups excluding carboxylic acids is 2. The maximum Gasteiger partial charge on any atom is 1.00 e. The molecular formula is C34H41NaO10S3. The zero-order valence-corrected chi connectivity index (χ0v) is 32.0. The van der Waals surface area contributed by atoms with Gasteiger partial charge in [-0.3, -0.25) is 0 Å². The van der Waals surface area contributed by atoms with Gasteiger partial charge in [0.25, 0.3) is 0 Å². The van der Waals surface area contributed by atoms with Gasteiger partial charge in [-0.1, -0.05) is 67.8 Å². The van der Waals surface area contributed by atoms with Crippen molar-refractivity contribution in [1.29, 1.82) is 0 Å². The summed E-state index contributed by atoms with van der Waals surface area (Å²) in [4.78, 5) is 25.7. The molecule has 0 radical (unpaired) electrons. The molecule has 0 aliphatic carbocycles. The monoisotopic (exact) mass is 728 g/mol.